The van der Waals surface area contributed by atoms with Crippen LogP contribution in [0.3, 0.4) is 0 Å². The highest BCUT2D eigenvalue weighted by molar-refractivity contribution is 4.94. The summed E-state index contributed by atoms with van der Waals surface area (Å²) in [5, 5.41) is 0. The van der Waals surface area contributed by atoms with Gasteiger partial charge in [-0.3, -0.25) is 4.90 Å². The molecule has 0 spiro atoms. The van der Waals surface area contributed by atoms with E-state index in [2.05, 4.69) is 11.8 Å². The highest BCUT2D eigenvalue weighted by Gasteiger charge is 2.39. The molecule has 0 aromatic carbocycles. The molecular formula is C16H29N. The maximum Gasteiger partial charge on any atom is 0.0127 e. The first-order valence-electron chi connectivity index (χ1n) is 8.12. The number of rotatable bonds is 1. The van der Waals surface area contributed by atoms with Crippen LogP contribution in [0.25, 0.3) is 0 Å². The van der Waals surface area contributed by atoms with Crippen LogP contribution in [0.5, 0.6) is 0 Å². The van der Waals surface area contributed by atoms with E-state index in [9.17, 15) is 0 Å². The lowest BCUT2D eigenvalue weighted by molar-refractivity contribution is -0.0152. The normalized spacial score (nSPS) is 41.1. The lowest BCUT2D eigenvalue weighted by Gasteiger charge is -2.51. The molecule has 3 atom stereocenters. The Hall–Kier alpha value is -0.0400. The molecule has 2 saturated heterocycles. The molecule has 0 bridgehead atoms. The summed E-state index contributed by atoms with van der Waals surface area (Å²) in [5.74, 6) is 2.02. The second-order valence-electron chi connectivity index (χ2n) is 6.82. The summed E-state index contributed by atoms with van der Waals surface area (Å²) in [6.45, 7) is 3.91. The van der Waals surface area contributed by atoms with Crippen molar-refractivity contribution >= 4 is 0 Å². The third-order valence-electron chi connectivity index (χ3n) is 5.79. The summed E-state index contributed by atoms with van der Waals surface area (Å²) in [6, 6.07) is 1.92. The van der Waals surface area contributed by atoms with E-state index in [1.54, 1.807) is 0 Å². The number of hydrogen-bond acceptors (Lipinski definition) is 1. The first kappa shape index (κ1) is 12.0. The van der Waals surface area contributed by atoms with E-state index < -0.39 is 0 Å². The molecule has 2 aliphatic heterocycles. The van der Waals surface area contributed by atoms with Gasteiger partial charge in [-0.15, -0.1) is 0 Å². The Kier molecular flexibility index (Phi) is 3.75. The number of nitrogens with zero attached hydrogens (tertiary/aromatic N) is 1. The number of fused-ring (bicyclic) bond motifs is 1. The molecule has 0 N–H and O–H groups in total. The zero-order valence-electron chi connectivity index (χ0n) is 11.5. The van der Waals surface area contributed by atoms with Gasteiger partial charge >= 0.3 is 0 Å². The average molecular weight is 235 g/mol. The molecule has 1 nitrogen and oxygen atoms in total. The van der Waals surface area contributed by atoms with Crippen LogP contribution >= 0.6 is 0 Å². The molecule has 3 rings (SSSR count). The Morgan fingerprint density at radius 1 is 0.706 bits per heavy atom. The predicted octanol–water partition coefficient (Wildman–Crippen LogP) is 4.22. The third kappa shape index (κ3) is 2.41. The minimum absolute atomic E-state index is 0.949. The summed E-state index contributed by atoms with van der Waals surface area (Å²) in [4.78, 5) is 2.95. The van der Waals surface area contributed by atoms with Gasteiger partial charge in [0.1, 0.15) is 0 Å². The lowest BCUT2D eigenvalue weighted by atomic mass is 9.74. The largest absolute Gasteiger partial charge is 0.297 e. The molecule has 2 heterocycles. The van der Waals surface area contributed by atoms with Crippen molar-refractivity contribution in [1.82, 2.24) is 4.90 Å². The molecule has 1 saturated carbocycles. The molecule has 0 aromatic rings. The van der Waals surface area contributed by atoms with E-state index in [0.717, 1.165) is 23.9 Å². The summed E-state index contributed by atoms with van der Waals surface area (Å²) < 4.78 is 0. The van der Waals surface area contributed by atoms with E-state index in [-0.39, 0.29) is 0 Å². The predicted molar refractivity (Wildman–Crippen MR) is 73.1 cm³/mol. The topological polar surface area (TPSA) is 3.24 Å². The van der Waals surface area contributed by atoms with Crippen molar-refractivity contribution < 1.29 is 0 Å². The highest BCUT2D eigenvalue weighted by Crippen LogP contribution is 2.40. The molecule has 98 valence electrons. The van der Waals surface area contributed by atoms with Gasteiger partial charge in [0.15, 0.2) is 0 Å². The second kappa shape index (κ2) is 5.30. The molecule has 0 radical (unpaired) electrons. The standard InChI is InChI=1S/C16H29N/c1-13-10-11-16(14-7-3-2-4-8-14)17-12-6-5-9-15(13)17/h13-16H,2-12H2,1H3/t13?,15-,16-/m1/s1. The molecule has 3 aliphatic rings. The molecule has 17 heavy (non-hydrogen) atoms. The Morgan fingerprint density at radius 3 is 2.29 bits per heavy atom. The highest BCUT2D eigenvalue weighted by atomic mass is 15.2. The first-order valence-corrected chi connectivity index (χ1v) is 8.12. The summed E-state index contributed by atoms with van der Waals surface area (Å²) in [5.41, 5.74) is 0. The number of hydrogen-bond donors (Lipinski definition) is 0. The van der Waals surface area contributed by atoms with Crippen LogP contribution in [0.2, 0.25) is 0 Å². The molecule has 1 heteroatoms. The van der Waals surface area contributed by atoms with Crippen LogP contribution in [0.4, 0.5) is 0 Å². The average Bonchev–Trinajstić information content (AvgIpc) is 2.41. The minimum Gasteiger partial charge on any atom is -0.297 e. The first-order chi connectivity index (χ1) is 8.36. The smallest absolute Gasteiger partial charge is 0.0127 e. The van der Waals surface area contributed by atoms with Gasteiger partial charge in [-0.1, -0.05) is 32.6 Å². The van der Waals surface area contributed by atoms with Crippen LogP contribution in [0.15, 0.2) is 0 Å². The van der Waals surface area contributed by atoms with Crippen molar-refractivity contribution in [3.8, 4) is 0 Å². The van der Waals surface area contributed by atoms with Crippen LogP contribution in [0.1, 0.15) is 71.1 Å². The zero-order valence-corrected chi connectivity index (χ0v) is 11.5. The van der Waals surface area contributed by atoms with Crippen LogP contribution in [-0.4, -0.2) is 23.5 Å². The van der Waals surface area contributed by atoms with Gasteiger partial charge in [0.25, 0.3) is 0 Å². The maximum atomic E-state index is 2.95. The van der Waals surface area contributed by atoms with Crippen molar-refractivity contribution in [2.75, 3.05) is 6.54 Å². The molecule has 1 aliphatic carbocycles. The van der Waals surface area contributed by atoms with Crippen LogP contribution in [-0.2, 0) is 0 Å². The maximum absolute atomic E-state index is 2.95. The van der Waals surface area contributed by atoms with Gasteiger partial charge in [-0.05, 0) is 56.9 Å². The van der Waals surface area contributed by atoms with Crippen molar-refractivity contribution in [3.63, 3.8) is 0 Å². The van der Waals surface area contributed by atoms with Crippen LogP contribution < -0.4 is 0 Å². The monoisotopic (exact) mass is 235 g/mol. The van der Waals surface area contributed by atoms with E-state index in [1.165, 1.54) is 70.8 Å². The van der Waals surface area contributed by atoms with Gasteiger partial charge in [-0.2, -0.15) is 0 Å². The zero-order chi connectivity index (χ0) is 11.7. The van der Waals surface area contributed by atoms with E-state index in [0.29, 0.717) is 0 Å². The Bertz CT molecular complexity index is 244. The third-order valence-corrected chi connectivity index (χ3v) is 5.79. The minimum atomic E-state index is 0.949. The Labute approximate surface area is 107 Å². The fourth-order valence-corrected chi connectivity index (χ4v) is 4.82. The summed E-state index contributed by atoms with van der Waals surface area (Å²) in [7, 11) is 0. The lowest BCUT2D eigenvalue weighted by Crippen LogP contribution is -2.55. The van der Waals surface area contributed by atoms with Crippen molar-refractivity contribution in [1.29, 1.82) is 0 Å². The second-order valence-corrected chi connectivity index (χ2v) is 6.82. The van der Waals surface area contributed by atoms with Crippen LogP contribution in [0, 0.1) is 11.8 Å². The summed E-state index contributed by atoms with van der Waals surface area (Å²) >= 11 is 0. The van der Waals surface area contributed by atoms with E-state index in [1.807, 2.05) is 0 Å². The Morgan fingerprint density at radius 2 is 1.47 bits per heavy atom. The van der Waals surface area contributed by atoms with Gasteiger partial charge in [-0.25, -0.2) is 0 Å². The van der Waals surface area contributed by atoms with Gasteiger partial charge < -0.3 is 0 Å². The van der Waals surface area contributed by atoms with Crippen molar-refractivity contribution in [3.05, 3.63) is 0 Å². The molecule has 0 amide bonds. The fraction of sp³-hybridized carbons (Fsp3) is 1.00. The SMILES string of the molecule is CC1CC[C@H](C2CCCCC2)N2CCCC[C@H]12. The summed E-state index contributed by atoms with van der Waals surface area (Å²) in [6.07, 6.45) is 15.0. The Balaban J connectivity index is 1.70. The van der Waals surface area contributed by atoms with Gasteiger partial charge in [0.05, 0.1) is 0 Å². The van der Waals surface area contributed by atoms with E-state index in [4.69, 9.17) is 0 Å². The molecule has 3 fully saturated rings. The van der Waals surface area contributed by atoms with E-state index >= 15 is 0 Å². The number of piperidine rings is 2. The van der Waals surface area contributed by atoms with Crippen molar-refractivity contribution in [2.24, 2.45) is 11.8 Å². The van der Waals surface area contributed by atoms with Gasteiger partial charge in [0, 0.05) is 12.1 Å². The van der Waals surface area contributed by atoms with Gasteiger partial charge in [0.2, 0.25) is 0 Å². The van der Waals surface area contributed by atoms with Crippen molar-refractivity contribution in [2.45, 2.75) is 83.2 Å². The molecular weight excluding hydrogens is 206 g/mol. The molecule has 1 unspecified atom stereocenters. The molecule has 0 aromatic heterocycles. The quantitative estimate of drug-likeness (QED) is 0.658. The fourth-order valence-electron chi connectivity index (χ4n) is 4.82.